The van der Waals surface area contributed by atoms with E-state index in [-0.39, 0.29) is 17.0 Å². The van der Waals surface area contributed by atoms with Crippen LogP contribution in [0.25, 0.3) is 0 Å². The lowest BCUT2D eigenvalue weighted by Crippen LogP contribution is -2.30. The molecule has 1 fully saturated rings. The van der Waals surface area contributed by atoms with Crippen molar-refractivity contribution in [3.63, 3.8) is 0 Å². The zero-order valence-corrected chi connectivity index (χ0v) is 10.7. The van der Waals surface area contributed by atoms with Gasteiger partial charge < -0.3 is 10.6 Å². The number of rotatable bonds is 1. The van der Waals surface area contributed by atoms with Crippen LogP contribution in [0.1, 0.15) is 32.9 Å². The van der Waals surface area contributed by atoms with Crippen LogP contribution >= 0.6 is 0 Å². The molecule has 5 heteroatoms. The van der Waals surface area contributed by atoms with Crippen LogP contribution in [-0.4, -0.2) is 29.1 Å². The van der Waals surface area contributed by atoms with E-state index < -0.39 is 0 Å². The van der Waals surface area contributed by atoms with E-state index >= 15 is 0 Å². The summed E-state index contributed by atoms with van der Waals surface area (Å²) in [6.45, 7) is 7.77. The number of nitrogens with zero attached hydrogens (tertiary/aromatic N) is 2. The molecule has 1 aromatic rings. The fourth-order valence-corrected chi connectivity index (χ4v) is 1.96. The van der Waals surface area contributed by atoms with Gasteiger partial charge in [0.25, 0.3) is 5.56 Å². The molecule has 94 valence electrons. The molecule has 1 saturated heterocycles. The SMILES string of the molecule is CC(C)(C)c1cc(=O)[nH]c(N2CCC(N)C2)n1. The summed E-state index contributed by atoms with van der Waals surface area (Å²) in [6, 6.07) is 1.75. The highest BCUT2D eigenvalue weighted by molar-refractivity contribution is 5.33. The van der Waals surface area contributed by atoms with Gasteiger partial charge in [-0.3, -0.25) is 9.78 Å². The molecule has 1 atom stereocenters. The van der Waals surface area contributed by atoms with Crippen LogP contribution in [-0.2, 0) is 5.41 Å². The Kier molecular flexibility index (Phi) is 2.95. The molecule has 3 N–H and O–H groups in total. The summed E-state index contributed by atoms with van der Waals surface area (Å²) in [6.07, 6.45) is 0.948. The van der Waals surface area contributed by atoms with E-state index in [9.17, 15) is 4.79 Å². The number of aromatic nitrogens is 2. The van der Waals surface area contributed by atoms with Crippen molar-refractivity contribution in [1.82, 2.24) is 9.97 Å². The zero-order chi connectivity index (χ0) is 12.6. The normalized spacial score (nSPS) is 20.9. The van der Waals surface area contributed by atoms with Crippen molar-refractivity contribution in [2.75, 3.05) is 18.0 Å². The predicted octanol–water partition coefficient (Wildman–Crippen LogP) is 0.605. The van der Waals surface area contributed by atoms with E-state index in [0.29, 0.717) is 5.95 Å². The smallest absolute Gasteiger partial charge is 0.252 e. The van der Waals surface area contributed by atoms with Crippen LogP contribution in [0.3, 0.4) is 0 Å². The van der Waals surface area contributed by atoms with Gasteiger partial charge in [-0.05, 0) is 6.42 Å². The first-order valence-electron chi connectivity index (χ1n) is 5.98. The van der Waals surface area contributed by atoms with Crippen LogP contribution in [0.2, 0.25) is 0 Å². The van der Waals surface area contributed by atoms with Gasteiger partial charge in [0.05, 0.1) is 5.69 Å². The second-order valence-corrected chi connectivity index (χ2v) is 5.70. The largest absolute Gasteiger partial charge is 0.341 e. The summed E-state index contributed by atoms with van der Waals surface area (Å²) >= 11 is 0. The van der Waals surface area contributed by atoms with Crippen molar-refractivity contribution in [2.45, 2.75) is 38.6 Å². The molecule has 0 bridgehead atoms. The summed E-state index contributed by atoms with van der Waals surface area (Å²) in [5.41, 5.74) is 6.46. The number of H-pyrrole nitrogens is 1. The van der Waals surface area contributed by atoms with Gasteiger partial charge in [-0.25, -0.2) is 4.98 Å². The Morgan fingerprint density at radius 2 is 2.24 bits per heavy atom. The van der Waals surface area contributed by atoms with E-state index in [1.807, 2.05) is 25.7 Å². The van der Waals surface area contributed by atoms with Gasteiger partial charge >= 0.3 is 0 Å². The quantitative estimate of drug-likeness (QED) is 0.749. The lowest BCUT2D eigenvalue weighted by atomic mass is 9.92. The van der Waals surface area contributed by atoms with Gasteiger partial charge in [0, 0.05) is 30.6 Å². The Balaban J connectivity index is 2.36. The van der Waals surface area contributed by atoms with Crippen LogP contribution in [0, 0.1) is 0 Å². The Morgan fingerprint density at radius 3 is 2.76 bits per heavy atom. The molecular weight excluding hydrogens is 216 g/mol. The highest BCUT2D eigenvalue weighted by Crippen LogP contribution is 2.21. The molecule has 0 saturated carbocycles. The minimum Gasteiger partial charge on any atom is -0.341 e. The molecule has 1 aliphatic heterocycles. The second kappa shape index (κ2) is 4.14. The van der Waals surface area contributed by atoms with Crippen LogP contribution in [0.15, 0.2) is 10.9 Å². The third-order valence-electron chi connectivity index (χ3n) is 3.02. The summed E-state index contributed by atoms with van der Waals surface area (Å²) in [5, 5.41) is 0. The lowest BCUT2D eigenvalue weighted by Gasteiger charge is -2.21. The molecule has 1 unspecified atom stereocenters. The van der Waals surface area contributed by atoms with E-state index in [1.165, 1.54) is 0 Å². The highest BCUT2D eigenvalue weighted by Gasteiger charge is 2.23. The van der Waals surface area contributed by atoms with E-state index in [0.717, 1.165) is 25.2 Å². The number of aromatic amines is 1. The van der Waals surface area contributed by atoms with Crippen LogP contribution in [0.4, 0.5) is 5.95 Å². The van der Waals surface area contributed by atoms with Crippen molar-refractivity contribution in [3.8, 4) is 0 Å². The van der Waals surface area contributed by atoms with Crippen molar-refractivity contribution in [2.24, 2.45) is 5.73 Å². The number of hydrogen-bond donors (Lipinski definition) is 2. The maximum absolute atomic E-state index is 11.6. The zero-order valence-electron chi connectivity index (χ0n) is 10.7. The topological polar surface area (TPSA) is 75.0 Å². The van der Waals surface area contributed by atoms with E-state index in [4.69, 9.17) is 5.73 Å². The van der Waals surface area contributed by atoms with Gasteiger partial charge in [0.15, 0.2) is 0 Å². The minimum absolute atomic E-state index is 0.0969. The number of nitrogens with one attached hydrogen (secondary N) is 1. The number of hydrogen-bond acceptors (Lipinski definition) is 4. The Hall–Kier alpha value is -1.36. The molecular formula is C12H20N4O. The molecule has 0 amide bonds. The molecule has 2 rings (SSSR count). The third-order valence-corrected chi connectivity index (χ3v) is 3.02. The first kappa shape index (κ1) is 12.1. The van der Waals surface area contributed by atoms with Crippen molar-refractivity contribution in [3.05, 3.63) is 22.1 Å². The maximum atomic E-state index is 11.6. The van der Waals surface area contributed by atoms with E-state index in [1.54, 1.807) is 6.07 Å². The molecule has 0 aliphatic carbocycles. The standard InChI is InChI=1S/C12H20N4O/c1-12(2,3)9-6-10(17)15-11(14-9)16-5-4-8(13)7-16/h6,8H,4-5,7,13H2,1-3H3,(H,14,15,17). The summed E-state index contributed by atoms with van der Waals surface area (Å²) < 4.78 is 0. The van der Waals surface area contributed by atoms with E-state index in [2.05, 4.69) is 9.97 Å². The van der Waals surface area contributed by atoms with Gasteiger partial charge in [0.1, 0.15) is 0 Å². The third kappa shape index (κ3) is 2.66. The van der Waals surface area contributed by atoms with Crippen LogP contribution in [0.5, 0.6) is 0 Å². The minimum atomic E-state index is -0.120. The first-order valence-corrected chi connectivity index (χ1v) is 5.98. The number of nitrogens with two attached hydrogens (primary N) is 1. The molecule has 0 aromatic carbocycles. The van der Waals surface area contributed by atoms with Crippen molar-refractivity contribution in [1.29, 1.82) is 0 Å². The molecule has 1 aromatic heterocycles. The van der Waals surface area contributed by atoms with Gasteiger partial charge in [-0.1, -0.05) is 20.8 Å². The monoisotopic (exact) mass is 236 g/mol. The molecule has 17 heavy (non-hydrogen) atoms. The summed E-state index contributed by atoms with van der Waals surface area (Å²) in [7, 11) is 0. The molecule has 1 aliphatic rings. The first-order chi connectivity index (χ1) is 7.86. The second-order valence-electron chi connectivity index (χ2n) is 5.70. The molecule has 0 radical (unpaired) electrons. The average Bonchev–Trinajstić information content (AvgIpc) is 2.62. The van der Waals surface area contributed by atoms with Gasteiger partial charge in [-0.2, -0.15) is 0 Å². The Morgan fingerprint density at radius 1 is 1.53 bits per heavy atom. The Labute approximate surface area is 101 Å². The molecule has 0 spiro atoms. The highest BCUT2D eigenvalue weighted by atomic mass is 16.1. The Bertz CT molecular complexity index is 460. The van der Waals surface area contributed by atoms with Crippen LogP contribution < -0.4 is 16.2 Å². The predicted molar refractivity (Wildman–Crippen MR) is 68.4 cm³/mol. The van der Waals surface area contributed by atoms with Crippen molar-refractivity contribution >= 4 is 5.95 Å². The van der Waals surface area contributed by atoms with Gasteiger partial charge in [0.2, 0.25) is 5.95 Å². The fraction of sp³-hybridized carbons (Fsp3) is 0.667. The fourth-order valence-electron chi connectivity index (χ4n) is 1.96. The summed E-state index contributed by atoms with van der Waals surface area (Å²) in [4.78, 5) is 21.0. The summed E-state index contributed by atoms with van der Waals surface area (Å²) in [5.74, 6) is 0.648. The lowest BCUT2D eigenvalue weighted by molar-refractivity contribution is 0.564. The molecule has 5 nitrogen and oxygen atoms in total. The molecule has 2 heterocycles. The number of anilines is 1. The van der Waals surface area contributed by atoms with Gasteiger partial charge in [-0.15, -0.1) is 0 Å². The average molecular weight is 236 g/mol. The van der Waals surface area contributed by atoms with Crippen molar-refractivity contribution < 1.29 is 0 Å². The maximum Gasteiger partial charge on any atom is 0.252 e.